The summed E-state index contributed by atoms with van der Waals surface area (Å²) in [6.45, 7) is 1.89. The zero-order chi connectivity index (χ0) is 21.4. The summed E-state index contributed by atoms with van der Waals surface area (Å²) in [6.07, 6.45) is 0.495. The summed E-state index contributed by atoms with van der Waals surface area (Å²) in [5.41, 5.74) is 1.57. The molecule has 30 heavy (non-hydrogen) atoms. The summed E-state index contributed by atoms with van der Waals surface area (Å²) < 4.78 is 12.0. The Balaban J connectivity index is 1.81. The van der Waals surface area contributed by atoms with Crippen molar-refractivity contribution >= 4 is 22.1 Å². The van der Waals surface area contributed by atoms with Gasteiger partial charge in [-0.05, 0) is 43.2 Å². The Bertz CT molecular complexity index is 1450. The molecule has 0 fully saturated rings. The maximum Gasteiger partial charge on any atom is 0.316 e. The van der Waals surface area contributed by atoms with Gasteiger partial charge in [-0.25, -0.2) is 4.98 Å². The molecular weight excluding hydrogens is 388 g/mol. The second-order valence-corrected chi connectivity index (χ2v) is 6.89. The summed E-state index contributed by atoms with van der Waals surface area (Å²) in [7, 11) is 3.12. The van der Waals surface area contributed by atoms with Gasteiger partial charge in [0, 0.05) is 6.54 Å². The van der Waals surface area contributed by atoms with Gasteiger partial charge in [-0.2, -0.15) is 0 Å². The van der Waals surface area contributed by atoms with Gasteiger partial charge >= 0.3 is 11.1 Å². The first kappa shape index (κ1) is 19.4. The number of nitrogens with one attached hydrogen (secondary N) is 2. The van der Waals surface area contributed by atoms with Crippen LogP contribution in [0.4, 0.5) is 0 Å². The predicted octanol–water partition coefficient (Wildman–Crippen LogP) is 1.49. The average molecular weight is 408 g/mol. The van der Waals surface area contributed by atoms with E-state index in [-0.39, 0.29) is 12.1 Å². The van der Waals surface area contributed by atoms with Crippen LogP contribution >= 0.6 is 0 Å². The first-order valence-electron chi connectivity index (χ1n) is 9.29. The van der Waals surface area contributed by atoms with Crippen LogP contribution in [0.15, 0.2) is 44.7 Å². The van der Waals surface area contributed by atoms with Crippen LogP contribution in [0.3, 0.4) is 0 Å². The minimum Gasteiger partial charge on any atom is -0.493 e. The molecule has 0 aliphatic carbocycles. The second-order valence-electron chi connectivity index (χ2n) is 6.89. The van der Waals surface area contributed by atoms with Crippen LogP contribution in [-0.2, 0) is 13.0 Å². The molecule has 0 radical (unpaired) electrons. The summed E-state index contributed by atoms with van der Waals surface area (Å²) in [4.78, 5) is 46.2. The van der Waals surface area contributed by atoms with E-state index in [1.54, 1.807) is 39.3 Å². The molecule has 9 heteroatoms. The number of hydrogen-bond acceptors (Lipinski definition) is 6. The maximum absolute atomic E-state index is 12.6. The van der Waals surface area contributed by atoms with E-state index in [0.717, 1.165) is 5.56 Å². The molecule has 4 rings (SSSR count). The molecule has 0 aliphatic rings. The van der Waals surface area contributed by atoms with Gasteiger partial charge in [0.15, 0.2) is 11.5 Å². The van der Waals surface area contributed by atoms with Gasteiger partial charge in [0.05, 0.1) is 36.3 Å². The first-order chi connectivity index (χ1) is 14.4. The molecule has 0 aliphatic heterocycles. The molecule has 0 bridgehead atoms. The molecular formula is C21H20N4O5. The van der Waals surface area contributed by atoms with Crippen molar-refractivity contribution in [1.29, 1.82) is 0 Å². The molecule has 4 aromatic rings. The van der Waals surface area contributed by atoms with Crippen molar-refractivity contribution in [3.63, 3.8) is 0 Å². The average Bonchev–Trinajstić information content (AvgIpc) is 2.74. The third-order valence-electron chi connectivity index (χ3n) is 5.03. The molecule has 0 spiro atoms. The van der Waals surface area contributed by atoms with Gasteiger partial charge in [-0.1, -0.05) is 6.07 Å². The minimum atomic E-state index is -0.725. The molecule has 2 aromatic carbocycles. The lowest BCUT2D eigenvalue weighted by atomic mass is 10.1. The largest absolute Gasteiger partial charge is 0.493 e. The second kappa shape index (κ2) is 7.51. The fraction of sp³-hybridized carbons (Fsp3) is 0.238. The van der Waals surface area contributed by atoms with Gasteiger partial charge in [0.2, 0.25) is 0 Å². The number of aromatic nitrogens is 4. The predicted molar refractivity (Wildman–Crippen MR) is 113 cm³/mol. The Kier molecular flexibility index (Phi) is 4.86. The number of hydrogen-bond donors (Lipinski definition) is 2. The van der Waals surface area contributed by atoms with Crippen molar-refractivity contribution in [1.82, 2.24) is 19.5 Å². The van der Waals surface area contributed by atoms with Crippen molar-refractivity contribution in [2.24, 2.45) is 0 Å². The van der Waals surface area contributed by atoms with Crippen molar-refractivity contribution in [3.05, 3.63) is 72.7 Å². The van der Waals surface area contributed by atoms with Crippen LogP contribution in [-0.4, -0.2) is 33.7 Å². The van der Waals surface area contributed by atoms with E-state index >= 15 is 0 Å². The van der Waals surface area contributed by atoms with Crippen LogP contribution < -0.4 is 26.2 Å². The molecule has 0 atom stereocenters. The van der Waals surface area contributed by atoms with Crippen molar-refractivity contribution < 1.29 is 9.47 Å². The number of aryl methyl sites for hydroxylation is 3. The van der Waals surface area contributed by atoms with E-state index in [9.17, 15) is 14.4 Å². The van der Waals surface area contributed by atoms with Gasteiger partial charge in [-0.15, -0.1) is 0 Å². The van der Waals surface area contributed by atoms with E-state index in [0.29, 0.717) is 45.7 Å². The fourth-order valence-corrected chi connectivity index (χ4v) is 3.44. The van der Waals surface area contributed by atoms with Crippen LogP contribution in [0.5, 0.6) is 11.5 Å². The smallest absolute Gasteiger partial charge is 0.316 e. The molecule has 9 nitrogen and oxygen atoms in total. The molecule has 154 valence electrons. The molecule has 0 unspecified atom stereocenters. The summed E-state index contributed by atoms with van der Waals surface area (Å²) in [6, 6.07) is 8.83. The Labute approximate surface area is 169 Å². The summed E-state index contributed by atoms with van der Waals surface area (Å²) in [5.74, 6) is 1.20. The maximum atomic E-state index is 12.6. The molecule has 0 amide bonds. The number of H-pyrrole nitrogens is 2. The minimum absolute atomic E-state index is 0.280. The highest BCUT2D eigenvalue weighted by molar-refractivity contribution is 5.90. The lowest BCUT2D eigenvalue weighted by Gasteiger charge is -2.12. The molecule has 0 saturated carbocycles. The van der Waals surface area contributed by atoms with Crippen LogP contribution in [0.25, 0.3) is 22.1 Å². The van der Waals surface area contributed by atoms with E-state index in [4.69, 9.17) is 9.47 Å². The number of nitrogens with zero attached hydrogens (tertiary/aromatic N) is 2. The van der Waals surface area contributed by atoms with Crippen LogP contribution in [0.2, 0.25) is 0 Å². The monoisotopic (exact) mass is 408 g/mol. The Morgan fingerprint density at radius 1 is 0.933 bits per heavy atom. The number of ether oxygens (including phenoxy) is 2. The van der Waals surface area contributed by atoms with Crippen molar-refractivity contribution in [2.45, 2.75) is 19.9 Å². The van der Waals surface area contributed by atoms with E-state index < -0.39 is 11.1 Å². The number of aromatic amines is 2. The lowest BCUT2D eigenvalue weighted by Crippen LogP contribution is -2.36. The topological polar surface area (TPSA) is 119 Å². The summed E-state index contributed by atoms with van der Waals surface area (Å²) in [5, 5.41) is 0. The zero-order valence-corrected chi connectivity index (χ0v) is 16.7. The zero-order valence-electron chi connectivity index (χ0n) is 16.7. The normalized spacial score (nSPS) is 11.2. The standard InChI is InChI=1S/C21H20N4O5/c1-11-19(26)23-13-9-15-16(10-14(13)22-11)25(21(28)20(27)24-15)7-6-12-4-5-17(29-2)18(8-12)30-3/h4-5,8-10H,6-7H2,1-3H3,(H,23,26)(H,24,27). The Morgan fingerprint density at radius 2 is 1.67 bits per heavy atom. The highest BCUT2D eigenvalue weighted by Gasteiger charge is 2.12. The molecule has 2 N–H and O–H groups in total. The van der Waals surface area contributed by atoms with E-state index in [2.05, 4.69) is 15.0 Å². The van der Waals surface area contributed by atoms with Crippen LogP contribution in [0.1, 0.15) is 11.3 Å². The summed E-state index contributed by atoms with van der Waals surface area (Å²) >= 11 is 0. The number of fused-ring (bicyclic) bond motifs is 2. The van der Waals surface area contributed by atoms with Gasteiger partial charge < -0.3 is 24.0 Å². The third kappa shape index (κ3) is 3.34. The highest BCUT2D eigenvalue weighted by atomic mass is 16.5. The van der Waals surface area contributed by atoms with Crippen molar-refractivity contribution in [3.8, 4) is 11.5 Å². The number of methoxy groups -OCH3 is 2. The molecule has 0 saturated heterocycles. The number of rotatable bonds is 5. The highest BCUT2D eigenvalue weighted by Crippen LogP contribution is 2.28. The molecule has 2 aromatic heterocycles. The Hall–Kier alpha value is -3.88. The van der Waals surface area contributed by atoms with Crippen molar-refractivity contribution in [2.75, 3.05) is 14.2 Å². The molecule has 2 heterocycles. The van der Waals surface area contributed by atoms with E-state index in [1.807, 2.05) is 12.1 Å². The van der Waals surface area contributed by atoms with Crippen LogP contribution in [0, 0.1) is 6.92 Å². The van der Waals surface area contributed by atoms with Gasteiger partial charge in [-0.3, -0.25) is 14.4 Å². The first-order valence-corrected chi connectivity index (χ1v) is 9.29. The fourth-order valence-electron chi connectivity index (χ4n) is 3.44. The SMILES string of the molecule is COc1ccc(CCn2c(=O)c(=O)[nH]c3cc4[nH]c(=O)c(C)nc4cc32)cc1OC. The number of benzene rings is 2. The Morgan fingerprint density at radius 3 is 2.40 bits per heavy atom. The van der Waals surface area contributed by atoms with Gasteiger partial charge in [0.25, 0.3) is 5.56 Å². The third-order valence-corrected chi connectivity index (χ3v) is 5.03. The quantitative estimate of drug-likeness (QED) is 0.382. The lowest BCUT2D eigenvalue weighted by molar-refractivity contribution is 0.354. The van der Waals surface area contributed by atoms with E-state index in [1.165, 1.54) is 4.57 Å². The van der Waals surface area contributed by atoms with Gasteiger partial charge in [0.1, 0.15) is 5.69 Å².